The normalized spacial score (nSPS) is 42.8. The van der Waals surface area contributed by atoms with E-state index in [-0.39, 0.29) is 52.9 Å². The molecule has 212 valence electrons. The molecule has 6 rings (SSSR count). The number of fused-ring (bicyclic) bond motifs is 2. The summed E-state index contributed by atoms with van der Waals surface area (Å²) in [6.07, 6.45) is 2.20. The van der Waals surface area contributed by atoms with Crippen LogP contribution in [0.1, 0.15) is 71.8 Å². The van der Waals surface area contributed by atoms with Crippen LogP contribution >= 0.6 is 0 Å². The van der Waals surface area contributed by atoms with Gasteiger partial charge in [-0.2, -0.15) is 0 Å². The number of carbonyl (C=O) groups excluding carboxylic acids is 2. The highest BCUT2D eigenvalue weighted by Crippen LogP contribution is 2.69. The average Bonchev–Trinajstić information content (AvgIpc) is 3.53. The van der Waals surface area contributed by atoms with Crippen molar-refractivity contribution >= 4 is 24.3 Å². The van der Waals surface area contributed by atoms with Gasteiger partial charge in [-0.15, -0.1) is 0 Å². The van der Waals surface area contributed by atoms with Gasteiger partial charge in [0.15, 0.2) is 24.5 Å². The second kappa shape index (κ2) is 9.26. The van der Waals surface area contributed by atoms with Crippen LogP contribution in [-0.2, 0) is 30.3 Å². The van der Waals surface area contributed by atoms with Crippen molar-refractivity contribution in [1.82, 2.24) is 0 Å². The van der Waals surface area contributed by atoms with Gasteiger partial charge in [0.2, 0.25) is 0 Å². The molecule has 2 N–H and O–H groups in total. The van der Waals surface area contributed by atoms with E-state index in [4.69, 9.17) is 18.9 Å². The molecule has 0 radical (unpaired) electrons. The van der Waals surface area contributed by atoms with E-state index in [1.165, 1.54) is 6.07 Å². The predicted molar refractivity (Wildman–Crippen MR) is 138 cm³/mol. The lowest BCUT2D eigenvalue weighted by Crippen LogP contribution is -2.62. The number of aliphatic hydroxyl groups excluding tert-OH is 1. The summed E-state index contributed by atoms with van der Waals surface area (Å²) >= 11 is 0. The van der Waals surface area contributed by atoms with E-state index in [1.807, 2.05) is 0 Å². The van der Waals surface area contributed by atoms with E-state index in [0.29, 0.717) is 24.8 Å². The Labute approximate surface area is 228 Å². The number of aliphatic hydroxyl groups is 1. The molecule has 1 aromatic rings. The Morgan fingerprint density at radius 3 is 2.77 bits per heavy atom. The Morgan fingerprint density at radius 2 is 2.00 bits per heavy atom. The number of ether oxygens (including phenoxy) is 3. The van der Waals surface area contributed by atoms with E-state index >= 15 is 0 Å². The van der Waals surface area contributed by atoms with E-state index in [9.17, 15) is 24.1 Å². The van der Waals surface area contributed by atoms with Crippen molar-refractivity contribution in [3.05, 3.63) is 23.5 Å². The van der Waals surface area contributed by atoms with Crippen LogP contribution in [0.2, 0.25) is 0 Å². The molecule has 2 aliphatic heterocycles. The van der Waals surface area contributed by atoms with Crippen molar-refractivity contribution in [2.75, 3.05) is 6.61 Å². The van der Waals surface area contributed by atoms with Crippen LogP contribution in [0.15, 0.2) is 12.1 Å². The van der Waals surface area contributed by atoms with Crippen molar-refractivity contribution in [2.24, 2.45) is 34.0 Å². The number of Topliss-reactive ketones (excluding diaryl/α,β-unsaturated/α-hetero) is 1. The van der Waals surface area contributed by atoms with Gasteiger partial charge in [0, 0.05) is 35.1 Å². The smallest absolute Gasteiger partial charge is 0.479 e. The second-order valence-corrected chi connectivity index (χ2v) is 13.2. The Morgan fingerprint density at radius 1 is 1.23 bits per heavy atom. The third-order valence-electron chi connectivity index (χ3n) is 11.3. The third kappa shape index (κ3) is 3.92. The summed E-state index contributed by atoms with van der Waals surface area (Å²) in [5.74, 6) is -1.42. The first-order chi connectivity index (χ1) is 18.4. The van der Waals surface area contributed by atoms with Gasteiger partial charge in [0.1, 0.15) is 11.9 Å². The number of rotatable bonds is 4. The quantitative estimate of drug-likeness (QED) is 0.440. The zero-order chi connectivity index (χ0) is 27.9. The van der Waals surface area contributed by atoms with E-state index < -0.39 is 48.7 Å². The average molecular weight is 544 g/mol. The van der Waals surface area contributed by atoms with Gasteiger partial charge >= 0.3 is 13.1 Å². The lowest BCUT2D eigenvalue weighted by atomic mass is 9.44. The molecule has 3 saturated carbocycles. The van der Waals surface area contributed by atoms with Gasteiger partial charge < -0.3 is 29.0 Å². The van der Waals surface area contributed by atoms with Crippen molar-refractivity contribution in [3.63, 3.8) is 0 Å². The highest BCUT2D eigenvalue weighted by molar-refractivity contribution is 6.61. The van der Waals surface area contributed by atoms with Crippen LogP contribution in [0.25, 0.3) is 0 Å². The summed E-state index contributed by atoms with van der Waals surface area (Å²) in [4.78, 5) is 26.9. The zero-order valence-corrected chi connectivity index (χ0v) is 23.1. The van der Waals surface area contributed by atoms with Gasteiger partial charge in [-0.3, -0.25) is 4.79 Å². The summed E-state index contributed by atoms with van der Waals surface area (Å²) in [5, 5.41) is 20.5. The van der Waals surface area contributed by atoms with Crippen LogP contribution in [0.3, 0.4) is 0 Å². The predicted octanol–water partition coefficient (Wildman–Crippen LogP) is 2.89. The van der Waals surface area contributed by atoms with E-state index in [2.05, 4.69) is 27.7 Å². The lowest BCUT2D eigenvalue weighted by molar-refractivity contribution is -0.212. The van der Waals surface area contributed by atoms with Crippen molar-refractivity contribution < 1.29 is 43.0 Å². The minimum Gasteiger partial charge on any atom is -0.479 e. The number of hydrogen-bond acceptors (Lipinski definition) is 8. The molecule has 1 aromatic carbocycles. The second-order valence-electron chi connectivity index (χ2n) is 13.2. The van der Waals surface area contributed by atoms with Crippen molar-refractivity contribution in [3.8, 4) is 5.75 Å². The minimum absolute atomic E-state index is 0.0217. The summed E-state index contributed by atoms with van der Waals surface area (Å²) in [5.41, 5.74) is -0.765. The maximum absolute atomic E-state index is 15.0. The first-order valence-electron chi connectivity index (χ1n) is 14.2. The molecule has 2 bridgehead atoms. The number of ketones is 1. The molecule has 5 aliphatic rings. The summed E-state index contributed by atoms with van der Waals surface area (Å²) in [6, 6.07) is 3.02. The molecule has 0 aromatic heterocycles. The van der Waals surface area contributed by atoms with Crippen LogP contribution in [0.4, 0.5) is 4.39 Å². The molecular weight excluding hydrogens is 506 g/mol. The molecule has 9 atom stereocenters. The third-order valence-corrected chi connectivity index (χ3v) is 11.3. The summed E-state index contributed by atoms with van der Waals surface area (Å²) in [7, 11) is -1.37. The van der Waals surface area contributed by atoms with E-state index in [1.54, 1.807) is 6.07 Å². The molecule has 8 nitrogen and oxygen atoms in total. The molecule has 0 spiro atoms. The standard InChI is InChI=1S/C29H38BFO8/c1-15-7-9-29-10-8-18(32)25(29)28(15,4)20(11-27(3)12-21(33)39-26(27)16(29)2)38-22(34)14-36-19-6-5-17-13-37-30(35)23(17)24(19)31/h5-6,15-16,20-21,25-26,33,35H,7-14H2,1-4H3/t15-,16+,20?,21?,25+,26?,27+,28+,29+/m1/s1. The highest BCUT2D eigenvalue weighted by Gasteiger charge is 2.69. The van der Waals surface area contributed by atoms with Gasteiger partial charge in [0.25, 0.3) is 0 Å². The molecule has 3 aliphatic carbocycles. The fourth-order valence-electron chi connectivity index (χ4n) is 9.13. The van der Waals surface area contributed by atoms with Gasteiger partial charge in [-0.25, -0.2) is 9.18 Å². The largest absolute Gasteiger partial charge is 0.494 e. The van der Waals surface area contributed by atoms with Crippen molar-refractivity contribution in [1.29, 1.82) is 0 Å². The number of hydrogen-bond donors (Lipinski definition) is 2. The summed E-state index contributed by atoms with van der Waals surface area (Å²) in [6.45, 7) is 8.09. The van der Waals surface area contributed by atoms with Crippen LogP contribution in [0.5, 0.6) is 5.75 Å². The highest BCUT2D eigenvalue weighted by atomic mass is 19.1. The number of halogens is 1. The molecule has 3 unspecified atom stereocenters. The summed E-state index contributed by atoms with van der Waals surface area (Å²) < 4.78 is 37.9. The minimum atomic E-state index is -1.37. The monoisotopic (exact) mass is 544 g/mol. The van der Waals surface area contributed by atoms with Crippen molar-refractivity contribution in [2.45, 2.75) is 91.3 Å². The van der Waals surface area contributed by atoms with Crippen LogP contribution < -0.4 is 10.2 Å². The molecule has 39 heavy (non-hydrogen) atoms. The lowest BCUT2D eigenvalue weighted by Gasteiger charge is -2.61. The maximum Gasteiger partial charge on any atom is 0.494 e. The maximum atomic E-state index is 15.0. The van der Waals surface area contributed by atoms with Gasteiger partial charge in [0.05, 0.1) is 12.7 Å². The Kier molecular flexibility index (Phi) is 6.45. The molecular formula is C29H38BFO8. The molecule has 10 heteroatoms. The van der Waals surface area contributed by atoms with Gasteiger partial charge in [-0.1, -0.05) is 33.8 Å². The fraction of sp³-hybridized carbons (Fsp3) is 0.724. The fourth-order valence-corrected chi connectivity index (χ4v) is 9.13. The van der Waals surface area contributed by atoms with Crippen LogP contribution in [0, 0.1) is 39.8 Å². The topological polar surface area (TPSA) is 112 Å². The van der Waals surface area contributed by atoms with Crippen LogP contribution in [-0.4, -0.2) is 54.1 Å². The first kappa shape index (κ1) is 27.2. The Bertz CT molecular complexity index is 1190. The number of benzene rings is 1. The van der Waals surface area contributed by atoms with E-state index in [0.717, 1.165) is 19.3 Å². The Balaban J connectivity index is 1.30. The molecule has 1 saturated heterocycles. The molecule has 0 amide bonds. The number of esters is 1. The first-order valence-corrected chi connectivity index (χ1v) is 14.2. The number of carbonyl (C=O) groups is 2. The van der Waals surface area contributed by atoms with Gasteiger partial charge in [-0.05, 0) is 54.6 Å². The molecule has 4 fully saturated rings. The Hall–Kier alpha value is -2.01. The molecule has 2 heterocycles. The SMILES string of the molecule is C[C@@H]1CC[C@@]23CCC(=O)[C@H]2[C@]1(C)C(OC(=O)COc1ccc2c(c1F)B(O)OC2)C[C@@]1(C)CC(O)OC1[C@@H]3C. The zero-order valence-electron chi connectivity index (χ0n) is 23.1.